The zero-order valence-electron chi connectivity index (χ0n) is 17.5. The first-order chi connectivity index (χ1) is 14.6. The molecule has 2 nitrogen and oxygen atoms in total. The molecule has 0 fully saturated rings. The Morgan fingerprint density at radius 1 is 0.935 bits per heavy atom. The molecule has 2 aliphatic heterocycles. The number of benzene rings is 3. The van der Waals surface area contributed by atoms with Gasteiger partial charge >= 0.3 is 6.18 Å². The molecule has 2 aliphatic rings. The van der Waals surface area contributed by atoms with Crippen LogP contribution in [0, 0.1) is 0 Å². The van der Waals surface area contributed by atoms with E-state index in [-0.39, 0.29) is 5.54 Å². The van der Waals surface area contributed by atoms with E-state index in [2.05, 4.69) is 31.3 Å². The van der Waals surface area contributed by atoms with Gasteiger partial charge in [0.1, 0.15) is 5.75 Å². The molecule has 0 saturated carbocycles. The first kappa shape index (κ1) is 19.7. The molecular weight excluding hydrogens is 399 g/mol. The van der Waals surface area contributed by atoms with Gasteiger partial charge in [0.15, 0.2) is 6.10 Å². The molecule has 0 aromatic heterocycles. The molecule has 0 bridgehead atoms. The zero-order chi connectivity index (χ0) is 22.0. The molecule has 3 aromatic carbocycles. The third-order valence-electron chi connectivity index (χ3n) is 5.87. The average Bonchev–Trinajstić information content (AvgIpc) is 2.71. The van der Waals surface area contributed by atoms with Crippen LogP contribution in [0.25, 0.3) is 16.7 Å². The fourth-order valence-electron chi connectivity index (χ4n) is 4.74. The molecule has 2 heterocycles. The third kappa shape index (κ3) is 3.29. The Morgan fingerprint density at radius 3 is 2.48 bits per heavy atom. The van der Waals surface area contributed by atoms with Gasteiger partial charge in [-0.05, 0) is 61.7 Å². The Balaban J connectivity index is 1.78. The van der Waals surface area contributed by atoms with Crippen LogP contribution in [0.1, 0.15) is 49.1 Å². The molecule has 1 N–H and O–H groups in total. The second-order valence-electron chi connectivity index (χ2n) is 8.74. The lowest BCUT2D eigenvalue weighted by molar-refractivity contribution is -0.137. The summed E-state index contributed by atoms with van der Waals surface area (Å²) < 4.78 is 46.6. The molecule has 0 spiro atoms. The Bertz CT molecular complexity index is 1220. The highest BCUT2D eigenvalue weighted by atomic mass is 19.4. The number of nitrogens with one attached hydrogen (secondary N) is 1. The first-order valence-electron chi connectivity index (χ1n) is 10.2. The van der Waals surface area contributed by atoms with Crippen LogP contribution in [0.2, 0.25) is 0 Å². The smallest absolute Gasteiger partial charge is 0.416 e. The van der Waals surface area contributed by atoms with Crippen molar-refractivity contribution in [1.29, 1.82) is 0 Å². The van der Waals surface area contributed by atoms with E-state index in [0.717, 1.165) is 39.6 Å². The van der Waals surface area contributed by atoms with Gasteiger partial charge in [-0.15, -0.1) is 0 Å². The lowest BCUT2D eigenvalue weighted by Crippen LogP contribution is -2.32. The number of hydrogen-bond acceptors (Lipinski definition) is 2. The second-order valence-corrected chi connectivity index (χ2v) is 8.74. The van der Waals surface area contributed by atoms with E-state index in [9.17, 15) is 13.2 Å². The maximum absolute atomic E-state index is 13.4. The lowest BCUT2D eigenvalue weighted by Gasteiger charge is -2.37. The maximum atomic E-state index is 13.4. The predicted octanol–water partition coefficient (Wildman–Crippen LogP) is 7.46. The highest BCUT2D eigenvalue weighted by Gasteiger charge is 2.36. The number of allylic oxidation sites excluding steroid dienone is 1. The minimum absolute atomic E-state index is 0.218. The fourth-order valence-corrected chi connectivity index (χ4v) is 4.74. The van der Waals surface area contributed by atoms with E-state index >= 15 is 0 Å². The number of hydrogen-bond donors (Lipinski definition) is 1. The summed E-state index contributed by atoms with van der Waals surface area (Å²) in [6.07, 6.45) is -2.91. The van der Waals surface area contributed by atoms with Crippen LogP contribution in [0.3, 0.4) is 0 Å². The minimum Gasteiger partial charge on any atom is -0.480 e. The van der Waals surface area contributed by atoms with Crippen molar-refractivity contribution in [2.75, 3.05) is 5.32 Å². The van der Waals surface area contributed by atoms with E-state index in [1.807, 2.05) is 37.3 Å². The predicted molar refractivity (Wildman–Crippen MR) is 117 cm³/mol. The number of alkyl halides is 3. The molecule has 158 valence electrons. The molecular formula is C26H22F3NO. The molecule has 0 unspecified atom stereocenters. The second kappa shape index (κ2) is 6.64. The molecule has 0 amide bonds. The molecule has 5 rings (SSSR count). The summed E-state index contributed by atoms with van der Waals surface area (Å²) in [4.78, 5) is 0. The van der Waals surface area contributed by atoms with Crippen molar-refractivity contribution < 1.29 is 17.9 Å². The molecule has 5 heteroatoms. The number of anilines is 1. The Labute approximate surface area is 179 Å². The largest absolute Gasteiger partial charge is 0.480 e. The van der Waals surface area contributed by atoms with Crippen molar-refractivity contribution in [2.45, 2.75) is 38.6 Å². The number of fused-ring (bicyclic) bond motifs is 5. The Hall–Kier alpha value is -3.21. The van der Waals surface area contributed by atoms with Gasteiger partial charge in [-0.3, -0.25) is 0 Å². The van der Waals surface area contributed by atoms with Crippen LogP contribution < -0.4 is 10.1 Å². The number of ether oxygens (including phenoxy) is 1. The Morgan fingerprint density at radius 2 is 1.71 bits per heavy atom. The quantitative estimate of drug-likeness (QED) is 0.440. The standard InChI is InChI=1S/C26H22F3NO/c1-15-14-25(2,3)30-20-12-11-19-18-9-4-5-10-21(18)31-24(23(19)22(15)20)16-7-6-8-17(13-16)26(27,28)29/h4-14,24,30H,1-3H3/t24-/m0/s1. The topological polar surface area (TPSA) is 21.3 Å². The monoisotopic (exact) mass is 421 g/mol. The molecule has 3 aromatic rings. The van der Waals surface area contributed by atoms with Crippen LogP contribution in [-0.2, 0) is 6.18 Å². The molecule has 1 atom stereocenters. The highest BCUT2D eigenvalue weighted by molar-refractivity contribution is 5.90. The van der Waals surface area contributed by atoms with Crippen molar-refractivity contribution in [3.05, 3.63) is 89.0 Å². The van der Waals surface area contributed by atoms with Gasteiger partial charge in [0.2, 0.25) is 0 Å². The van der Waals surface area contributed by atoms with Gasteiger partial charge in [0, 0.05) is 22.4 Å². The van der Waals surface area contributed by atoms with E-state index in [1.54, 1.807) is 6.07 Å². The molecule has 0 saturated heterocycles. The van der Waals surface area contributed by atoms with E-state index in [0.29, 0.717) is 11.3 Å². The third-order valence-corrected chi connectivity index (χ3v) is 5.87. The minimum atomic E-state index is -4.41. The van der Waals surface area contributed by atoms with Gasteiger partial charge < -0.3 is 10.1 Å². The van der Waals surface area contributed by atoms with Crippen LogP contribution in [0.5, 0.6) is 5.75 Å². The van der Waals surface area contributed by atoms with E-state index in [1.165, 1.54) is 12.1 Å². The van der Waals surface area contributed by atoms with Crippen molar-refractivity contribution in [2.24, 2.45) is 0 Å². The normalized spacial score (nSPS) is 18.6. The van der Waals surface area contributed by atoms with E-state index < -0.39 is 17.8 Å². The van der Waals surface area contributed by atoms with Crippen LogP contribution in [-0.4, -0.2) is 5.54 Å². The van der Waals surface area contributed by atoms with Crippen LogP contribution in [0.15, 0.2) is 66.7 Å². The Kier molecular flexibility index (Phi) is 4.23. The summed E-state index contributed by atoms with van der Waals surface area (Å²) >= 11 is 0. The maximum Gasteiger partial charge on any atom is 0.416 e. The molecule has 0 aliphatic carbocycles. The number of para-hydroxylation sites is 1. The number of halogens is 3. The van der Waals surface area contributed by atoms with Crippen molar-refractivity contribution in [3.8, 4) is 16.9 Å². The van der Waals surface area contributed by atoms with Crippen LogP contribution in [0.4, 0.5) is 18.9 Å². The average molecular weight is 421 g/mol. The summed E-state index contributed by atoms with van der Waals surface area (Å²) in [5.41, 5.74) is 5.45. The summed E-state index contributed by atoms with van der Waals surface area (Å²) in [5, 5.41) is 3.54. The summed E-state index contributed by atoms with van der Waals surface area (Å²) in [7, 11) is 0. The fraction of sp³-hybridized carbons (Fsp3) is 0.231. The number of rotatable bonds is 1. The van der Waals surface area contributed by atoms with Gasteiger partial charge in [-0.2, -0.15) is 13.2 Å². The first-order valence-corrected chi connectivity index (χ1v) is 10.2. The van der Waals surface area contributed by atoms with Gasteiger partial charge in [-0.1, -0.05) is 42.5 Å². The van der Waals surface area contributed by atoms with Gasteiger partial charge in [0.25, 0.3) is 0 Å². The molecule has 0 radical (unpaired) electrons. The summed E-state index contributed by atoms with van der Waals surface area (Å²) in [5.74, 6) is 0.670. The zero-order valence-corrected chi connectivity index (χ0v) is 17.5. The van der Waals surface area contributed by atoms with Crippen molar-refractivity contribution in [3.63, 3.8) is 0 Å². The van der Waals surface area contributed by atoms with Gasteiger partial charge in [0.05, 0.1) is 11.1 Å². The summed E-state index contributed by atoms with van der Waals surface area (Å²) in [6.45, 7) is 6.23. The highest BCUT2D eigenvalue weighted by Crippen LogP contribution is 2.50. The SMILES string of the molecule is CC1=CC(C)(C)Nc2ccc3c(c21)[C@H](c1cccc(C(F)(F)F)c1)Oc1ccccc1-3. The van der Waals surface area contributed by atoms with Crippen molar-refractivity contribution in [1.82, 2.24) is 0 Å². The summed E-state index contributed by atoms with van der Waals surface area (Å²) in [6, 6.07) is 17.2. The lowest BCUT2D eigenvalue weighted by atomic mass is 9.80. The molecule has 31 heavy (non-hydrogen) atoms. The van der Waals surface area contributed by atoms with Gasteiger partial charge in [-0.25, -0.2) is 0 Å². The van der Waals surface area contributed by atoms with Crippen LogP contribution >= 0.6 is 0 Å². The van der Waals surface area contributed by atoms with E-state index in [4.69, 9.17) is 4.74 Å². The van der Waals surface area contributed by atoms with Crippen molar-refractivity contribution >= 4 is 11.3 Å².